The van der Waals surface area contributed by atoms with Crippen molar-refractivity contribution in [3.05, 3.63) is 5.82 Å². The van der Waals surface area contributed by atoms with Gasteiger partial charge in [0.1, 0.15) is 5.82 Å². The molecular formula is C14H31N7O3Si. The van der Waals surface area contributed by atoms with Crippen molar-refractivity contribution in [2.45, 2.75) is 39.7 Å². The number of nitrogens with zero attached hydrogens (tertiary/aromatic N) is 4. The molecule has 0 radical (unpaired) electrons. The fraction of sp³-hybridized carbons (Fsp3) is 0.786. The van der Waals surface area contributed by atoms with E-state index in [0.29, 0.717) is 57.1 Å². The first-order valence-corrected chi connectivity index (χ1v) is 10.6. The van der Waals surface area contributed by atoms with Gasteiger partial charge >= 0.3 is 8.80 Å². The van der Waals surface area contributed by atoms with Gasteiger partial charge in [-0.1, -0.05) is 0 Å². The summed E-state index contributed by atoms with van der Waals surface area (Å²) in [5.74, 6) is 6.87. The number of anilines is 2. The van der Waals surface area contributed by atoms with Crippen LogP contribution in [0.25, 0.3) is 0 Å². The zero-order valence-corrected chi connectivity index (χ0v) is 16.4. The summed E-state index contributed by atoms with van der Waals surface area (Å²) < 4.78 is 17.5. The normalized spacial score (nSPS) is 11.7. The third kappa shape index (κ3) is 7.18. The molecule has 11 heteroatoms. The summed E-state index contributed by atoms with van der Waals surface area (Å²) in [6, 6.07) is 0.679. The van der Waals surface area contributed by atoms with Gasteiger partial charge in [-0.05, 0) is 27.2 Å². The SMILES string of the molecule is CCO[Si](CCCc1nc(N)nc(N(N)CCN)n1)(OCC)OCC. The Balaban J connectivity index is 2.75. The summed E-state index contributed by atoms with van der Waals surface area (Å²) in [5.41, 5.74) is 11.2. The van der Waals surface area contributed by atoms with Crippen molar-refractivity contribution in [1.29, 1.82) is 0 Å². The van der Waals surface area contributed by atoms with E-state index in [9.17, 15) is 0 Å². The highest BCUT2D eigenvalue weighted by molar-refractivity contribution is 6.60. The van der Waals surface area contributed by atoms with Gasteiger partial charge in [-0.25, -0.2) is 5.84 Å². The summed E-state index contributed by atoms with van der Waals surface area (Å²) in [5, 5.41) is 1.36. The minimum Gasteiger partial charge on any atom is -0.374 e. The van der Waals surface area contributed by atoms with Crippen molar-refractivity contribution < 1.29 is 13.3 Å². The third-order valence-electron chi connectivity index (χ3n) is 3.29. The van der Waals surface area contributed by atoms with Gasteiger partial charge < -0.3 is 24.7 Å². The van der Waals surface area contributed by atoms with Crippen LogP contribution < -0.4 is 22.3 Å². The number of hydrazine groups is 1. The summed E-state index contributed by atoms with van der Waals surface area (Å²) in [7, 11) is -2.67. The molecule has 25 heavy (non-hydrogen) atoms. The van der Waals surface area contributed by atoms with Crippen LogP contribution in [-0.4, -0.2) is 56.7 Å². The van der Waals surface area contributed by atoms with Crippen molar-refractivity contribution >= 4 is 20.7 Å². The van der Waals surface area contributed by atoms with Crippen molar-refractivity contribution in [1.82, 2.24) is 15.0 Å². The molecule has 1 aromatic heterocycles. The zero-order chi connectivity index (χ0) is 18.7. The largest absolute Gasteiger partial charge is 0.500 e. The van der Waals surface area contributed by atoms with Gasteiger partial charge in [-0.15, -0.1) is 0 Å². The van der Waals surface area contributed by atoms with E-state index in [-0.39, 0.29) is 5.95 Å². The highest BCUT2D eigenvalue weighted by Crippen LogP contribution is 2.19. The van der Waals surface area contributed by atoms with Gasteiger partial charge in [0.15, 0.2) is 0 Å². The second-order valence-corrected chi connectivity index (χ2v) is 7.96. The van der Waals surface area contributed by atoms with Gasteiger partial charge in [0, 0.05) is 45.4 Å². The van der Waals surface area contributed by atoms with E-state index in [1.807, 2.05) is 20.8 Å². The van der Waals surface area contributed by atoms with Gasteiger partial charge in [-0.3, -0.25) is 5.01 Å². The van der Waals surface area contributed by atoms with E-state index in [0.717, 1.165) is 6.42 Å². The number of hydrogen-bond acceptors (Lipinski definition) is 10. The van der Waals surface area contributed by atoms with E-state index < -0.39 is 8.80 Å². The maximum Gasteiger partial charge on any atom is 0.500 e. The van der Waals surface area contributed by atoms with Gasteiger partial charge in [0.25, 0.3) is 0 Å². The number of rotatable bonds is 13. The van der Waals surface area contributed by atoms with Crippen molar-refractivity contribution in [3.8, 4) is 0 Å². The molecule has 0 spiro atoms. The molecule has 0 aromatic carbocycles. The minimum atomic E-state index is -2.67. The molecule has 0 saturated heterocycles. The molecule has 1 rings (SSSR count). The van der Waals surface area contributed by atoms with Crippen molar-refractivity contribution in [2.75, 3.05) is 43.7 Å². The second kappa shape index (κ2) is 11.3. The number of nitrogen functional groups attached to an aromatic ring is 1. The lowest BCUT2D eigenvalue weighted by Crippen LogP contribution is -2.46. The predicted octanol–water partition coefficient (Wildman–Crippen LogP) is 0.0736. The quantitative estimate of drug-likeness (QED) is 0.246. The van der Waals surface area contributed by atoms with Crippen LogP contribution in [0.2, 0.25) is 6.04 Å². The van der Waals surface area contributed by atoms with Gasteiger partial charge in [0.05, 0.1) is 0 Å². The van der Waals surface area contributed by atoms with E-state index in [1.54, 1.807) is 0 Å². The molecule has 0 saturated carbocycles. The number of aryl methyl sites for hydroxylation is 1. The summed E-state index contributed by atoms with van der Waals surface area (Å²) in [6.45, 7) is 8.29. The Kier molecular flexibility index (Phi) is 9.78. The first-order valence-electron chi connectivity index (χ1n) is 8.64. The van der Waals surface area contributed by atoms with Gasteiger partial charge in [-0.2, -0.15) is 15.0 Å². The lowest BCUT2D eigenvalue weighted by molar-refractivity contribution is 0.0708. The Labute approximate surface area is 150 Å². The van der Waals surface area contributed by atoms with E-state index in [2.05, 4.69) is 15.0 Å². The highest BCUT2D eigenvalue weighted by Gasteiger charge is 2.39. The van der Waals surface area contributed by atoms with Gasteiger partial charge in [0.2, 0.25) is 11.9 Å². The van der Waals surface area contributed by atoms with Crippen LogP contribution in [0.15, 0.2) is 0 Å². The van der Waals surface area contributed by atoms with Crippen molar-refractivity contribution in [2.24, 2.45) is 11.6 Å². The van der Waals surface area contributed by atoms with Crippen LogP contribution in [0.4, 0.5) is 11.9 Å². The molecule has 0 atom stereocenters. The molecule has 0 bridgehead atoms. The Morgan fingerprint density at radius 1 is 1.00 bits per heavy atom. The summed E-state index contributed by atoms with van der Waals surface area (Å²) in [4.78, 5) is 12.5. The van der Waals surface area contributed by atoms with E-state index >= 15 is 0 Å². The molecule has 144 valence electrons. The molecule has 0 aliphatic heterocycles. The molecule has 10 nitrogen and oxygen atoms in total. The Morgan fingerprint density at radius 2 is 1.60 bits per heavy atom. The van der Waals surface area contributed by atoms with Crippen LogP contribution in [-0.2, 0) is 19.7 Å². The molecule has 6 N–H and O–H groups in total. The first kappa shape index (κ1) is 21.7. The fourth-order valence-electron chi connectivity index (χ4n) is 2.37. The van der Waals surface area contributed by atoms with Crippen LogP contribution in [0.1, 0.15) is 33.0 Å². The molecule has 0 aliphatic carbocycles. The molecule has 0 aliphatic rings. The lowest BCUT2D eigenvalue weighted by atomic mass is 10.3. The molecule has 1 heterocycles. The lowest BCUT2D eigenvalue weighted by Gasteiger charge is -2.28. The van der Waals surface area contributed by atoms with E-state index in [4.69, 9.17) is 30.6 Å². The summed E-state index contributed by atoms with van der Waals surface area (Å²) >= 11 is 0. The smallest absolute Gasteiger partial charge is 0.374 e. The van der Waals surface area contributed by atoms with E-state index in [1.165, 1.54) is 5.01 Å². The van der Waals surface area contributed by atoms with Crippen LogP contribution >= 0.6 is 0 Å². The molecule has 1 aromatic rings. The Hall–Kier alpha value is -1.37. The predicted molar refractivity (Wildman–Crippen MR) is 98.6 cm³/mol. The Bertz CT molecular complexity index is 492. The maximum absolute atomic E-state index is 5.85. The standard InChI is InChI=1S/C14H31N7O3Si/c1-4-22-25(23-5-2,24-6-3)11-7-8-12-18-13(16)20-14(19-12)21(17)10-9-15/h4-11,15,17H2,1-3H3,(H2,16,18,19,20). The topological polar surface area (TPSA) is 148 Å². The number of nitrogens with two attached hydrogens (primary N) is 3. The zero-order valence-electron chi connectivity index (χ0n) is 15.4. The molecule has 0 fully saturated rings. The van der Waals surface area contributed by atoms with Crippen LogP contribution in [0, 0.1) is 0 Å². The monoisotopic (exact) mass is 373 g/mol. The molecular weight excluding hydrogens is 342 g/mol. The number of aromatic nitrogens is 3. The molecule has 0 amide bonds. The van der Waals surface area contributed by atoms with Crippen molar-refractivity contribution in [3.63, 3.8) is 0 Å². The molecule has 0 unspecified atom stereocenters. The third-order valence-corrected chi connectivity index (χ3v) is 6.44. The first-order chi connectivity index (χ1) is 12.0. The minimum absolute atomic E-state index is 0.135. The van der Waals surface area contributed by atoms with Crippen LogP contribution in [0.5, 0.6) is 0 Å². The summed E-state index contributed by atoms with van der Waals surface area (Å²) in [6.07, 6.45) is 1.34. The Morgan fingerprint density at radius 3 is 2.12 bits per heavy atom. The average molecular weight is 374 g/mol. The highest BCUT2D eigenvalue weighted by atomic mass is 28.4. The second-order valence-electron chi connectivity index (χ2n) is 5.23. The maximum atomic E-state index is 5.85. The average Bonchev–Trinajstić information content (AvgIpc) is 2.55. The number of hydrogen-bond donors (Lipinski definition) is 3. The fourth-order valence-corrected chi connectivity index (χ4v) is 4.98. The van der Waals surface area contributed by atoms with Crippen LogP contribution in [0.3, 0.4) is 0 Å².